The molecule has 1 N–H and O–H groups in total. The standard InChI is InChI=1S/C15H10F8O3S/c16-12(17)14(20,21)15(22,23)13(18,19)7-8-3-1-5-10-9(8)4-2-6-11(10)27(24,25)26/h1-6,12H,7H2,(H,24,25,26). The van der Waals surface area contributed by atoms with Crippen molar-refractivity contribution in [3.63, 3.8) is 0 Å². The van der Waals surface area contributed by atoms with E-state index in [1.807, 2.05) is 0 Å². The van der Waals surface area contributed by atoms with Crippen molar-refractivity contribution >= 4 is 20.9 Å². The van der Waals surface area contributed by atoms with E-state index >= 15 is 0 Å². The minimum atomic E-state index is -6.38. The third kappa shape index (κ3) is 3.59. The summed E-state index contributed by atoms with van der Waals surface area (Å²) in [5.74, 6) is -18.3. The first-order chi connectivity index (χ1) is 12.1. The second kappa shape index (κ2) is 6.59. The third-order valence-electron chi connectivity index (χ3n) is 3.81. The smallest absolute Gasteiger partial charge is 0.282 e. The summed E-state index contributed by atoms with van der Waals surface area (Å²) in [5.41, 5.74) is -0.701. The average Bonchev–Trinajstić information content (AvgIpc) is 2.52. The highest BCUT2D eigenvalue weighted by molar-refractivity contribution is 7.86. The van der Waals surface area contributed by atoms with Crippen LogP contribution in [0.2, 0.25) is 0 Å². The molecule has 2 aromatic rings. The zero-order valence-electron chi connectivity index (χ0n) is 12.9. The van der Waals surface area contributed by atoms with E-state index in [2.05, 4.69) is 0 Å². The molecule has 0 saturated carbocycles. The summed E-state index contributed by atoms with van der Waals surface area (Å²) < 4.78 is 137. The lowest BCUT2D eigenvalue weighted by molar-refractivity contribution is -0.337. The van der Waals surface area contributed by atoms with Crippen molar-refractivity contribution in [3.8, 4) is 0 Å². The number of rotatable bonds is 6. The maximum Gasteiger partial charge on any atom is 0.378 e. The molecule has 0 unspecified atom stereocenters. The van der Waals surface area contributed by atoms with Crippen molar-refractivity contribution in [1.29, 1.82) is 0 Å². The lowest BCUT2D eigenvalue weighted by Crippen LogP contribution is -2.58. The van der Waals surface area contributed by atoms with Crippen LogP contribution in [0.1, 0.15) is 5.56 Å². The van der Waals surface area contributed by atoms with Crippen molar-refractivity contribution < 1.29 is 48.1 Å². The van der Waals surface area contributed by atoms with Gasteiger partial charge in [-0.3, -0.25) is 4.55 Å². The van der Waals surface area contributed by atoms with Gasteiger partial charge in [0, 0.05) is 11.8 Å². The van der Waals surface area contributed by atoms with Crippen LogP contribution in [0.5, 0.6) is 0 Å². The molecule has 150 valence electrons. The van der Waals surface area contributed by atoms with Gasteiger partial charge in [0.25, 0.3) is 10.1 Å². The molecular weight excluding hydrogens is 412 g/mol. The monoisotopic (exact) mass is 422 g/mol. The maximum absolute atomic E-state index is 13.9. The second-order valence-electron chi connectivity index (χ2n) is 5.62. The highest BCUT2D eigenvalue weighted by atomic mass is 32.2. The molecule has 0 spiro atoms. The SMILES string of the molecule is O=S(=O)(O)c1cccc2c(CC(F)(F)C(F)(F)C(F)(F)C(F)F)cccc12. The van der Waals surface area contributed by atoms with Crippen LogP contribution in [0.25, 0.3) is 10.8 Å². The van der Waals surface area contributed by atoms with E-state index in [0.29, 0.717) is 0 Å². The summed E-state index contributed by atoms with van der Waals surface area (Å²) in [4.78, 5) is -0.727. The summed E-state index contributed by atoms with van der Waals surface area (Å²) >= 11 is 0. The molecule has 0 amide bonds. The van der Waals surface area contributed by atoms with Gasteiger partial charge < -0.3 is 0 Å². The fraction of sp³-hybridized carbons (Fsp3) is 0.333. The summed E-state index contributed by atoms with van der Waals surface area (Å²) in [7, 11) is -4.81. The minimum absolute atomic E-state index is 0.336. The Morgan fingerprint density at radius 1 is 0.889 bits per heavy atom. The Kier molecular flexibility index (Phi) is 5.21. The number of hydrogen-bond donors (Lipinski definition) is 1. The highest BCUT2D eigenvalue weighted by Crippen LogP contribution is 2.50. The summed E-state index contributed by atoms with van der Waals surface area (Å²) in [5, 5.41) is -0.694. The molecule has 2 rings (SSSR count). The minimum Gasteiger partial charge on any atom is -0.282 e. The summed E-state index contributed by atoms with van der Waals surface area (Å²) in [6.07, 6.45) is -7.11. The topological polar surface area (TPSA) is 54.4 Å². The quantitative estimate of drug-likeness (QED) is 0.538. The molecular formula is C15H10F8O3S. The Morgan fingerprint density at radius 2 is 1.41 bits per heavy atom. The van der Waals surface area contributed by atoms with E-state index in [4.69, 9.17) is 4.55 Å². The zero-order valence-corrected chi connectivity index (χ0v) is 13.8. The van der Waals surface area contributed by atoms with Gasteiger partial charge >= 0.3 is 24.2 Å². The first-order valence-electron chi connectivity index (χ1n) is 7.02. The van der Waals surface area contributed by atoms with Crippen LogP contribution in [0, 0.1) is 0 Å². The molecule has 0 bridgehead atoms. The fourth-order valence-electron chi connectivity index (χ4n) is 2.46. The van der Waals surface area contributed by atoms with Gasteiger partial charge in [-0.25, -0.2) is 8.78 Å². The molecule has 3 nitrogen and oxygen atoms in total. The third-order valence-corrected chi connectivity index (χ3v) is 4.73. The number of fused-ring (bicyclic) bond motifs is 1. The van der Waals surface area contributed by atoms with Crippen LogP contribution in [0.4, 0.5) is 35.1 Å². The Hall–Kier alpha value is -1.95. The van der Waals surface area contributed by atoms with E-state index in [0.717, 1.165) is 36.4 Å². The van der Waals surface area contributed by atoms with Crippen molar-refractivity contribution in [2.24, 2.45) is 0 Å². The first kappa shape index (κ1) is 21.4. The van der Waals surface area contributed by atoms with Gasteiger partial charge in [0.2, 0.25) is 0 Å². The Bertz CT molecular complexity index is 957. The number of halogens is 8. The van der Waals surface area contributed by atoms with Crippen molar-refractivity contribution in [3.05, 3.63) is 42.0 Å². The average molecular weight is 422 g/mol. The van der Waals surface area contributed by atoms with E-state index in [-0.39, 0.29) is 10.8 Å². The molecule has 0 fully saturated rings. The van der Waals surface area contributed by atoms with Crippen molar-refractivity contribution in [2.75, 3.05) is 0 Å². The molecule has 0 aromatic heterocycles. The molecule has 0 saturated heterocycles. The van der Waals surface area contributed by atoms with E-state index in [1.165, 1.54) is 0 Å². The molecule has 12 heteroatoms. The van der Waals surface area contributed by atoms with Crippen LogP contribution in [-0.2, 0) is 16.5 Å². The Labute approximate surface area is 147 Å². The van der Waals surface area contributed by atoms with E-state index < -0.39 is 51.2 Å². The normalized spacial score (nSPS) is 14.1. The van der Waals surface area contributed by atoms with Gasteiger partial charge in [-0.1, -0.05) is 30.3 Å². The highest BCUT2D eigenvalue weighted by Gasteiger charge is 2.75. The number of hydrogen-bond acceptors (Lipinski definition) is 2. The van der Waals surface area contributed by atoms with E-state index in [1.54, 1.807) is 0 Å². The molecule has 0 radical (unpaired) electrons. The Morgan fingerprint density at radius 3 is 1.93 bits per heavy atom. The van der Waals surface area contributed by atoms with Gasteiger partial charge in [-0.15, -0.1) is 0 Å². The van der Waals surface area contributed by atoms with Gasteiger partial charge in [0.15, 0.2) is 0 Å². The van der Waals surface area contributed by atoms with Crippen LogP contribution in [-0.4, -0.2) is 37.2 Å². The molecule has 0 heterocycles. The maximum atomic E-state index is 13.9. The molecule has 0 atom stereocenters. The predicted octanol–water partition coefficient (Wildman–Crippen LogP) is 4.80. The fourth-order valence-corrected chi connectivity index (χ4v) is 3.16. The molecule has 0 aliphatic heterocycles. The van der Waals surface area contributed by atoms with Crippen LogP contribution >= 0.6 is 0 Å². The Balaban J connectivity index is 2.59. The van der Waals surface area contributed by atoms with Gasteiger partial charge in [-0.2, -0.15) is 34.8 Å². The van der Waals surface area contributed by atoms with Crippen LogP contribution in [0.3, 0.4) is 0 Å². The number of benzene rings is 2. The predicted molar refractivity (Wildman–Crippen MR) is 78.3 cm³/mol. The van der Waals surface area contributed by atoms with Crippen LogP contribution in [0.15, 0.2) is 41.3 Å². The zero-order chi connectivity index (χ0) is 20.8. The lowest BCUT2D eigenvalue weighted by atomic mass is 9.94. The first-order valence-corrected chi connectivity index (χ1v) is 8.46. The molecule has 2 aromatic carbocycles. The van der Waals surface area contributed by atoms with Crippen molar-refractivity contribution in [1.82, 2.24) is 0 Å². The van der Waals surface area contributed by atoms with Gasteiger partial charge in [0.1, 0.15) is 4.90 Å². The number of alkyl halides is 8. The van der Waals surface area contributed by atoms with Crippen molar-refractivity contribution in [2.45, 2.75) is 35.5 Å². The molecule has 0 aliphatic carbocycles. The lowest BCUT2D eigenvalue weighted by Gasteiger charge is -2.32. The largest absolute Gasteiger partial charge is 0.378 e. The van der Waals surface area contributed by atoms with E-state index in [9.17, 15) is 43.5 Å². The van der Waals surface area contributed by atoms with Gasteiger partial charge in [0.05, 0.1) is 0 Å². The molecule has 0 aliphatic rings. The van der Waals surface area contributed by atoms with Crippen LogP contribution < -0.4 is 0 Å². The summed E-state index contributed by atoms with van der Waals surface area (Å²) in [6.45, 7) is 0. The molecule has 27 heavy (non-hydrogen) atoms. The summed E-state index contributed by atoms with van der Waals surface area (Å²) in [6, 6.07) is 5.77. The van der Waals surface area contributed by atoms with Gasteiger partial charge in [-0.05, 0) is 17.0 Å². The second-order valence-corrected chi connectivity index (χ2v) is 7.01.